The summed E-state index contributed by atoms with van der Waals surface area (Å²) in [5, 5.41) is 0. The lowest BCUT2D eigenvalue weighted by Crippen LogP contribution is -2.24. The zero-order valence-electron chi connectivity index (χ0n) is 16.5. The first kappa shape index (κ1) is 22.6. The fourth-order valence-corrected chi connectivity index (χ4v) is 3.52. The fourth-order valence-electron chi connectivity index (χ4n) is 2.57. The molecule has 0 fully saturated rings. The van der Waals surface area contributed by atoms with Gasteiger partial charge in [-0.3, -0.25) is 8.98 Å². The second kappa shape index (κ2) is 10.7. The lowest BCUT2D eigenvalue weighted by atomic mass is 9.88. The maximum atomic E-state index is 12.2. The second-order valence-corrected chi connectivity index (χ2v) is 9.06. The van der Waals surface area contributed by atoms with E-state index >= 15 is 0 Å². The van der Waals surface area contributed by atoms with Crippen molar-refractivity contribution in [3.8, 4) is 0 Å². The summed E-state index contributed by atoms with van der Waals surface area (Å²) in [4.78, 5) is 12.3. The van der Waals surface area contributed by atoms with Crippen LogP contribution in [0.2, 0.25) is 0 Å². The smallest absolute Gasteiger partial charge is 0.309 e. The van der Waals surface area contributed by atoms with E-state index in [1.807, 2.05) is 20.8 Å². The van der Waals surface area contributed by atoms with E-state index < -0.39 is 10.1 Å². The van der Waals surface area contributed by atoms with Crippen LogP contribution in [0.3, 0.4) is 0 Å². The van der Waals surface area contributed by atoms with Gasteiger partial charge in [0.1, 0.15) is 0 Å². The van der Waals surface area contributed by atoms with Crippen LogP contribution in [-0.4, -0.2) is 27.6 Å². The van der Waals surface area contributed by atoms with Crippen LogP contribution in [0.5, 0.6) is 0 Å². The Balaban J connectivity index is 2.32. The number of benzene rings is 1. The van der Waals surface area contributed by atoms with Gasteiger partial charge in [-0.1, -0.05) is 45.4 Å². The van der Waals surface area contributed by atoms with Crippen LogP contribution in [0.4, 0.5) is 0 Å². The quantitative estimate of drug-likeness (QED) is 0.322. The Morgan fingerprint density at radius 1 is 1.00 bits per heavy atom. The average molecular weight is 385 g/mol. The van der Waals surface area contributed by atoms with E-state index in [0.717, 1.165) is 12.0 Å². The Morgan fingerprint density at radius 3 is 2.12 bits per heavy atom. The summed E-state index contributed by atoms with van der Waals surface area (Å²) < 4.78 is 34.5. The molecular weight excluding hydrogens is 352 g/mol. The van der Waals surface area contributed by atoms with Crippen molar-refractivity contribution >= 4 is 16.1 Å². The van der Waals surface area contributed by atoms with Gasteiger partial charge in [0.05, 0.1) is 24.0 Å². The van der Waals surface area contributed by atoms with E-state index in [4.69, 9.17) is 8.92 Å². The Hall–Kier alpha value is -1.40. The molecule has 0 amide bonds. The van der Waals surface area contributed by atoms with Crippen LogP contribution < -0.4 is 0 Å². The molecule has 0 heterocycles. The van der Waals surface area contributed by atoms with Gasteiger partial charge in [-0.15, -0.1) is 0 Å². The van der Waals surface area contributed by atoms with E-state index in [0.29, 0.717) is 18.8 Å². The molecule has 0 bridgehead atoms. The summed E-state index contributed by atoms with van der Waals surface area (Å²) in [5.74, 6) is 0.429. The van der Waals surface area contributed by atoms with Crippen LogP contribution in [-0.2, 0) is 23.8 Å². The third kappa shape index (κ3) is 7.87. The number of carbonyl (C=O) groups excluding carboxylic acids is 1. The molecule has 0 aromatic heterocycles. The summed E-state index contributed by atoms with van der Waals surface area (Å²) in [7, 11) is -3.73. The molecule has 26 heavy (non-hydrogen) atoms. The number of esters is 1. The standard InChI is InChI=1S/C20H32O5S/c1-15(2)14-19(16(3)4)20(21)24-12-6-7-13-25-26(22,23)18-10-8-17(5)9-11-18/h8-11,15-16,19H,6-7,12-14H2,1-5H3. The number of carbonyl (C=O) groups is 1. The van der Waals surface area contributed by atoms with Gasteiger partial charge in [0.2, 0.25) is 0 Å². The molecule has 0 spiro atoms. The number of rotatable bonds is 11. The molecule has 6 heteroatoms. The van der Waals surface area contributed by atoms with Crippen molar-refractivity contribution in [1.29, 1.82) is 0 Å². The van der Waals surface area contributed by atoms with Crippen molar-refractivity contribution in [2.24, 2.45) is 17.8 Å². The number of unbranched alkanes of at least 4 members (excludes halogenated alkanes) is 1. The van der Waals surface area contributed by atoms with Gasteiger partial charge in [-0.25, -0.2) is 0 Å². The number of hydrogen-bond acceptors (Lipinski definition) is 5. The second-order valence-electron chi connectivity index (χ2n) is 7.44. The van der Waals surface area contributed by atoms with Crippen molar-refractivity contribution in [3.63, 3.8) is 0 Å². The minimum absolute atomic E-state index is 0.0767. The minimum atomic E-state index is -3.73. The molecule has 0 N–H and O–H groups in total. The average Bonchev–Trinajstić information content (AvgIpc) is 2.55. The molecule has 0 aliphatic rings. The third-order valence-electron chi connectivity index (χ3n) is 4.16. The molecule has 1 rings (SSSR count). The van der Waals surface area contributed by atoms with Gasteiger partial charge in [-0.2, -0.15) is 8.42 Å². The van der Waals surface area contributed by atoms with Crippen molar-refractivity contribution < 1.29 is 22.1 Å². The van der Waals surface area contributed by atoms with Crippen LogP contribution in [0.1, 0.15) is 52.5 Å². The van der Waals surface area contributed by atoms with E-state index in [9.17, 15) is 13.2 Å². The van der Waals surface area contributed by atoms with Crippen LogP contribution in [0.15, 0.2) is 29.2 Å². The molecule has 5 nitrogen and oxygen atoms in total. The molecule has 0 aliphatic carbocycles. The summed E-state index contributed by atoms with van der Waals surface area (Å²) >= 11 is 0. The first-order chi connectivity index (χ1) is 12.1. The van der Waals surface area contributed by atoms with E-state index in [-0.39, 0.29) is 35.9 Å². The van der Waals surface area contributed by atoms with Crippen LogP contribution >= 0.6 is 0 Å². The summed E-state index contributed by atoms with van der Waals surface area (Å²) in [5.41, 5.74) is 0.989. The molecule has 1 aromatic carbocycles. The predicted molar refractivity (Wildman–Crippen MR) is 102 cm³/mol. The number of aryl methyl sites for hydroxylation is 1. The van der Waals surface area contributed by atoms with Gasteiger partial charge < -0.3 is 4.74 Å². The molecule has 0 saturated carbocycles. The highest BCUT2D eigenvalue weighted by atomic mass is 32.2. The topological polar surface area (TPSA) is 69.7 Å². The molecular formula is C20H32O5S. The maximum Gasteiger partial charge on any atom is 0.309 e. The maximum absolute atomic E-state index is 12.2. The van der Waals surface area contributed by atoms with Gasteiger partial charge in [0, 0.05) is 0 Å². The van der Waals surface area contributed by atoms with Gasteiger partial charge in [-0.05, 0) is 50.2 Å². The first-order valence-electron chi connectivity index (χ1n) is 9.26. The molecule has 1 unspecified atom stereocenters. The van der Waals surface area contributed by atoms with Crippen molar-refractivity contribution in [2.75, 3.05) is 13.2 Å². The zero-order chi connectivity index (χ0) is 19.7. The molecule has 0 radical (unpaired) electrons. The van der Waals surface area contributed by atoms with Crippen LogP contribution in [0.25, 0.3) is 0 Å². The number of hydrogen-bond donors (Lipinski definition) is 0. The molecule has 0 aliphatic heterocycles. The molecule has 1 atom stereocenters. The fraction of sp³-hybridized carbons (Fsp3) is 0.650. The van der Waals surface area contributed by atoms with Gasteiger partial charge >= 0.3 is 5.97 Å². The van der Waals surface area contributed by atoms with Crippen molar-refractivity contribution in [3.05, 3.63) is 29.8 Å². The summed E-state index contributed by atoms with van der Waals surface area (Å²) in [6.45, 7) is 10.5. The van der Waals surface area contributed by atoms with E-state index in [2.05, 4.69) is 13.8 Å². The number of ether oxygens (including phenoxy) is 1. The van der Waals surface area contributed by atoms with Gasteiger partial charge in [0.25, 0.3) is 10.1 Å². The molecule has 0 saturated heterocycles. The highest BCUT2D eigenvalue weighted by Crippen LogP contribution is 2.22. The van der Waals surface area contributed by atoms with Crippen molar-refractivity contribution in [2.45, 2.75) is 58.8 Å². The predicted octanol–water partition coefficient (Wildman–Crippen LogP) is 4.34. The Bertz CT molecular complexity index is 647. The van der Waals surface area contributed by atoms with Crippen LogP contribution in [0, 0.1) is 24.7 Å². The Kier molecular flexibility index (Phi) is 9.30. The van der Waals surface area contributed by atoms with E-state index in [1.54, 1.807) is 12.1 Å². The highest BCUT2D eigenvalue weighted by Gasteiger charge is 2.24. The summed E-state index contributed by atoms with van der Waals surface area (Å²) in [6.07, 6.45) is 1.89. The minimum Gasteiger partial charge on any atom is -0.465 e. The monoisotopic (exact) mass is 384 g/mol. The lowest BCUT2D eigenvalue weighted by Gasteiger charge is -2.21. The lowest BCUT2D eigenvalue weighted by molar-refractivity contribution is -0.151. The Morgan fingerprint density at radius 2 is 1.58 bits per heavy atom. The normalized spacial score (nSPS) is 13.2. The Labute approximate surface area is 158 Å². The zero-order valence-corrected chi connectivity index (χ0v) is 17.3. The van der Waals surface area contributed by atoms with Gasteiger partial charge in [0.15, 0.2) is 0 Å². The first-order valence-corrected chi connectivity index (χ1v) is 10.7. The molecule has 1 aromatic rings. The highest BCUT2D eigenvalue weighted by molar-refractivity contribution is 7.86. The molecule has 148 valence electrons. The third-order valence-corrected chi connectivity index (χ3v) is 5.49. The summed E-state index contributed by atoms with van der Waals surface area (Å²) in [6, 6.07) is 6.54. The van der Waals surface area contributed by atoms with E-state index in [1.165, 1.54) is 12.1 Å². The SMILES string of the molecule is Cc1ccc(S(=O)(=O)OCCCCOC(=O)C(CC(C)C)C(C)C)cc1. The largest absolute Gasteiger partial charge is 0.465 e. The van der Waals surface area contributed by atoms with Crippen molar-refractivity contribution in [1.82, 2.24) is 0 Å².